The van der Waals surface area contributed by atoms with Gasteiger partial charge >= 0.3 is 6.18 Å². The summed E-state index contributed by atoms with van der Waals surface area (Å²) in [5.74, 6) is 0. The molecule has 0 unspecified atom stereocenters. The lowest BCUT2D eigenvalue weighted by Crippen LogP contribution is -2.16. The molecule has 0 atom stereocenters. The number of alkyl halides is 3. The van der Waals surface area contributed by atoms with E-state index in [1.807, 2.05) is 0 Å². The number of halogens is 3. The molecule has 19 heavy (non-hydrogen) atoms. The van der Waals surface area contributed by atoms with Crippen molar-refractivity contribution in [2.45, 2.75) is 39.9 Å². The third kappa shape index (κ3) is 2.15. The molecule has 0 radical (unpaired) electrons. The molecule has 0 heterocycles. The minimum absolute atomic E-state index is 0.0183. The Morgan fingerprint density at radius 3 is 2.05 bits per heavy atom. The van der Waals surface area contributed by atoms with Gasteiger partial charge in [-0.25, -0.2) is 0 Å². The molecule has 0 amide bonds. The molecule has 0 aliphatic heterocycles. The summed E-state index contributed by atoms with van der Waals surface area (Å²) in [6.45, 7) is 8.20. The molecule has 0 spiro atoms. The number of nitrogens with two attached hydrogens (primary N) is 1. The van der Waals surface area contributed by atoms with E-state index in [1.54, 1.807) is 0 Å². The van der Waals surface area contributed by atoms with Crippen molar-refractivity contribution < 1.29 is 13.2 Å². The van der Waals surface area contributed by atoms with Crippen LogP contribution in [0.25, 0.3) is 0 Å². The summed E-state index contributed by atoms with van der Waals surface area (Å²) in [6.07, 6.45) is -4.40. The van der Waals surface area contributed by atoms with Gasteiger partial charge < -0.3 is 11.1 Å². The normalized spacial score (nSPS) is 21.2. The van der Waals surface area contributed by atoms with Crippen molar-refractivity contribution in [1.29, 1.82) is 0 Å². The molecule has 0 aromatic heterocycles. The second-order valence-electron chi connectivity index (χ2n) is 6.32. The molecule has 0 saturated heterocycles. The van der Waals surface area contributed by atoms with Crippen molar-refractivity contribution in [3.05, 3.63) is 23.8 Å². The smallest absolute Gasteiger partial charge is 0.399 e. The van der Waals surface area contributed by atoms with Crippen LogP contribution in [0.5, 0.6) is 0 Å². The lowest BCUT2D eigenvalue weighted by atomic mass is 10.0. The second kappa shape index (κ2) is 3.81. The van der Waals surface area contributed by atoms with Gasteiger partial charge in [-0.2, -0.15) is 13.2 Å². The fourth-order valence-corrected chi connectivity index (χ4v) is 2.63. The number of anilines is 2. The molecule has 1 aromatic rings. The van der Waals surface area contributed by atoms with Crippen LogP contribution in [0.15, 0.2) is 18.2 Å². The fourth-order valence-electron chi connectivity index (χ4n) is 2.63. The van der Waals surface area contributed by atoms with Gasteiger partial charge in [0.2, 0.25) is 0 Å². The number of hydrogen-bond acceptors (Lipinski definition) is 2. The van der Waals surface area contributed by atoms with Gasteiger partial charge in [0.05, 0.1) is 5.56 Å². The van der Waals surface area contributed by atoms with Crippen molar-refractivity contribution in [3.63, 3.8) is 0 Å². The first-order valence-corrected chi connectivity index (χ1v) is 6.21. The summed E-state index contributed by atoms with van der Waals surface area (Å²) in [5, 5.41) is 3.02. The minimum Gasteiger partial charge on any atom is -0.399 e. The molecule has 1 aliphatic rings. The van der Waals surface area contributed by atoms with Crippen LogP contribution < -0.4 is 11.1 Å². The van der Waals surface area contributed by atoms with E-state index >= 15 is 0 Å². The van der Waals surface area contributed by atoms with Crippen LogP contribution in [0.1, 0.15) is 33.3 Å². The predicted octanol–water partition coefficient (Wildman–Crippen LogP) is 4.13. The highest BCUT2D eigenvalue weighted by atomic mass is 19.4. The molecule has 2 rings (SSSR count). The topological polar surface area (TPSA) is 38.0 Å². The monoisotopic (exact) mass is 272 g/mol. The molecule has 5 heteroatoms. The van der Waals surface area contributed by atoms with Crippen molar-refractivity contribution in [1.82, 2.24) is 0 Å². The lowest BCUT2D eigenvalue weighted by molar-refractivity contribution is -0.136. The maximum absolute atomic E-state index is 13.0. The first-order chi connectivity index (χ1) is 8.48. The average molecular weight is 272 g/mol. The van der Waals surface area contributed by atoms with E-state index in [-0.39, 0.29) is 28.2 Å². The van der Waals surface area contributed by atoms with Gasteiger partial charge in [0.25, 0.3) is 0 Å². The molecule has 1 saturated carbocycles. The first kappa shape index (κ1) is 14.0. The van der Waals surface area contributed by atoms with Crippen molar-refractivity contribution in [3.8, 4) is 0 Å². The minimum atomic E-state index is -4.40. The van der Waals surface area contributed by atoms with E-state index in [2.05, 4.69) is 33.0 Å². The zero-order valence-corrected chi connectivity index (χ0v) is 11.5. The van der Waals surface area contributed by atoms with Crippen LogP contribution in [0.4, 0.5) is 24.5 Å². The largest absolute Gasteiger partial charge is 0.418 e. The molecule has 3 N–H and O–H groups in total. The van der Waals surface area contributed by atoms with Crippen molar-refractivity contribution in [2.24, 2.45) is 10.8 Å². The Bertz CT molecular complexity index is 490. The standard InChI is InChI=1S/C14H19F3N2/c1-12(2)11(13(12,3)4)19-10-6-5-8(18)7-9(10)14(15,16)17/h5-7,11,19H,18H2,1-4H3. The third-order valence-electron chi connectivity index (χ3n) is 4.67. The molecular weight excluding hydrogens is 253 g/mol. The summed E-state index contributed by atoms with van der Waals surface area (Å²) < 4.78 is 39.0. The molecule has 1 aliphatic carbocycles. The lowest BCUT2D eigenvalue weighted by Gasteiger charge is -2.16. The number of rotatable bonds is 2. The fraction of sp³-hybridized carbons (Fsp3) is 0.571. The molecule has 1 fully saturated rings. The third-order valence-corrected chi connectivity index (χ3v) is 4.67. The van der Waals surface area contributed by atoms with Crippen molar-refractivity contribution >= 4 is 11.4 Å². The van der Waals surface area contributed by atoms with Gasteiger partial charge in [-0.1, -0.05) is 27.7 Å². The van der Waals surface area contributed by atoms with Crippen LogP contribution in [-0.2, 0) is 6.18 Å². The number of benzene rings is 1. The van der Waals surface area contributed by atoms with Crippen LogP contribution >= 0.6 is 0 Å². The highest BCUT2D eigenvalue weighted by molar-refractivity contribution is 5.61. The Kier molecular flexibility index (Phi) is 2.81. The second-order valence-corrected chi connectivity index (χ2v) is 6.32. The summed E-state index contributed by atoms with van der Waals surface area (Å²) >= 11 is 0. The Labute approximate surface area is 111 Å². The number of nitrogens with one attached hydrogen (secondary N) is 1. The number of nitrogen functional groups attached to an aromatic ring is 1. The maximum atomic E-state index is 13.0. The zero-order chi connectivity index (χ0) is 14.6. The zero-order valence-electron chi connectivity index (χ0n) is 11.5. The van der Waals surface area contributed by atoms with Crippen LogP contribution in [0, 0.1) is 10.8 Å². The highest BCUT2D eigenvalue weighted by Gasteiger charge is 2.65. The van der Waals surface area contributed by atoms with Crippen LogP contribution in [0.2, 0.25) is 0 Å². The van der Waals surface area contributed by atoms with Gasteiger partial charge in [0.1, 0.15) is 0 Å². The molecular formula is C14H19F3N2. The van der Waals surface area contributed by atoms with Gasteiger partial charge in [-0.15, -0.1) is 0 Å². The highest BCUT2D eigenvalue weighted by Crippen LogP contribution is 2.64. The van der Waals surface area contributed by atoms with Crippen LogP contribution in [0.3, 0.4) is 0 Å². The van der Waals surface area contributed by atoms with Gasteiger partial charge in [0, 0.05) is 17.4 Å². The van der Waals surface area contributed by atoms with E-state index in [0.717, 1.165) is 6.07 Å². The van der Waals surface area contributed by atoms with E-state index < -0.39 is 11.7 Å². The van der Waals surface area contributed by atoms with E-state index in [1.165, 1.54) is 12.1 Å². The first-order valence-electron chi connectivity index (χ1n) is 6.21. The summed E-state index contributed by atoms with van der Waals surface area (Å²) in [6, 6.07) is 3.89. The SMILES string of the molecule is CC1(C)C(Nc2ccc(N)cc2C(F)(F)F)C1(C)C. The Hall–Kier alpha value is -1.39. The molecule has 1 aromatic carbocycles. The molecule has 0 bridgehead atoms. The number of hydrogen-bond donors (Lipinski definition) is 2. The predicted molar refractivity (Wildman–Crippen MR) is 70.8 cm³/mol. The van der Waals surface area contributed by atoms with E-state index in [9.17, 15) is 13.2 Å². The van der Waals surface area contributed by atoms with Gasteiger partial charge in [-0.05, 0) is 29.0 Å². The average Bonchev–Trinajstić information content (AvgIpc) is 2.61. The van der Waals surface area contributed by atoms with Gasteiger partial charge in [-0.3, -0.25) is 0 Å². The Morgan fingerprint density at radius 1 is 1.11 bits per heavy atom. The quantitative estimate of drug-likeness (QED) is 0.794. The van der Waals surface area contributed by atoms with Crippen LogP contribution in [-0.4, -0.2) is 6.04 Å². The Balaban J connectivity index is 2.33. The molecule has 2 nitrogen and oxygen atoms in total. The summed E-state index contributed by atoms with van der Waals surface area (Å²) in [4.78, 5) is 0. The van der Waals surface area contributed by atoms with Crippen molar-refractivity contribution in [2.75, 3.05) is 11.1 Å². The van der Waals surface area contributed by atoms with Gasteiger partial charge in [0.15, 0.2) is 0 Å². The Morgan fingerprint density at radius 2 is 1.63 bits per heavy atom. The molecule has 106 valence electrons. The maximum Gasteiger partial charge on any atom is 0.418 e. The summed E-state index contributed by atoms with van der Waals surface area (Å²) in [7, 11) is 0. The van der Waals surface area contributed by atoms with E-state index in [0.29, 0.717) is 0 Å². The van der Waals surface area contributed by atoms with E-state index in [4.69, 9.17) is 5.73 Å². The summed E-state index contributed by atoms with van der Waals surface area (Å²) in [5.41, 5.74) is 4.91.